The summed E-state index contributed by atoms with van der Waals surface area (Å²) in [6.07, 6.45) is 7.09. The Bertz CT molecular complexity index is 207. The van der Waals surface area contributed by atoms with Gasteiger partial charge < -0.3 is 10.2 Å². The number of nitrogens with one attached hydrogen (secondary N) is 1. The molecule has 2 heteroatoms. The van der Waals surface area contributed by atoms with E-state index in [0.717, 1.165) is 31.0 Å². The Morgan fingerprint density at radius 3 is 2.22 bits per heavy atom. The van der Waals surface area contributed by atoms with E-state index in [1.165, 1.54) is 32.1 Å². The van der Waals surface area contributed by atoms with Crippen molar-refractivity contribution in [2.24, 2.45) is 11.8 Å². The highest BCUT2D eigenvalue weighted by molar-refractivity contribution is 4.82. The van der Waals surface area contributed by atoms with Crippen molar-refractivity contribution in [1.29, 1.82) is 0 Å². The summed E-state index contributed by atoms with van der Waals surface area (Å²) in [5.74, 6) is 1.74. The Morgan fingerprint density at radius 1 is 1.11 bits per heavy atom. The van der Waals surface area contributed by atoms with E-state index < -0.39 is 0 Å². The van der Waals surface area contributed by atoms with E-state index in [1.807, 2.05) is 0 Å². The molecule has 108 valence electrons. The molecule has 0 bridgehead atoms. The van der Waals surface area contributed by atoms with E-state index >= 15 is 0 Å². The molecule has 0 aliphatic heterocycles. The Kier molecular flexibility index (Phi) is 7.25. The standard InChI is InChI=1S/C16H34N2/c1-6-15-8-10-16(11-9-15)18(5)14(4)13(3)12-17-7-2/h13-17H,6-12H2,1-5H3. The highest BCUT2D eigenvalue weighted by Gasteiger charge is 2.27. The summed E-state index contributed by atoms with van der Waals surface area (Å²) in [4.78, 5) is 2.65. The molecule has 0 heterocycles. The molecule has 18 heavy (non-hydrogen) atoms. The quantitative estimate of drug-likeness (QED) is 0.748. The van der Waals surface area contributed by atoms with Crippen LogP contribution in [0.15, 0.2) is 0 Å². The van der Waals surface area contributed by atoms with Crippen LogP contribution in [0.1, 0.15) is 59.8 Å². The number of hydrogen-bond acceptors (Lipinski definition) is 2. The van der Waals surface area contributed by atoms with Gasteiger partial charge in [-0.2, -0.15) is 0 Å². The Morgan fingerprint density at radius 2 is 1.72 bits per heavy atom. The molecule has 1 aliphatic carbocycles. The first-order chi connectivity index (χ1) is 8.60. The maximum atomic E-state index is 3.48. The molecule has 2 nitrogen and oxygen atoms in total. The van der Waals surface area contributed by atoms with Crippen molar-refractivity contribution in [3.8, 4) is 0 Å². The molecule has 0 aromatic heterocycles. The monoisotopic (exact) mass is 254 g/mol. The summed E-state index contributed by atoms with van der Waals surface area (Å²) in [5, 5.41) is 3.48. The maximum Gasteiger partial charge on any atom is 0.0105 e. The first-order valence-corrected chi connectivity index (χ1v) is 8.02. The van der Waals surface area contributed by atoms with E-state index in [-0.39, 0.29) is 0 Å². The summed E-state index contributed by atoms with van der Waals surface area (Å²) < 4.78 is 0. The zero-order chi connectivity index (χ0) is 13.5. The molecule has 2 unspecified atom stereocenters. The second-order valence-corrected chi connectivity index (χ2v) is 6.27. The highest BCUT2D eigenvalue weighted by Crippen LogP contribution is 2.30. The lowest BCUT2D eigenvalue weighted by Crippen LogP contribution is -2.45. The Labute approximate surface area is 115 Å². The first kappa shape index (κ1) is 16.0. The van der Waals surface area contributed by atoms with Crippen molar-refractivity contribution in [3.05, 3.63) is 0 Å². The molecule has 1 N–H and O–H groups in total. The second-order valence-electron chi connectivity index (χ2n) is 6.27. The third kappa shape index (κ3) is 4.55. The SMILES string of the molecule is CCNCC(C)C(C)N(C)C1CCC(CC)CC1. The van der Waals surface area contributed by atoms with Crippen LogP contribution in [0.25, 0.3) is 0 Å². The van der Waals surface area contributed by atoms with Crippen molar-refractivity contribution in [2.75, 3.05) is 20.1 Å². The molecule has 0 aromatic carbocycles. The van der Waals surface area contributed by atoms with Gasteiger partial charge in [0, 0.05) is 12.1 Å². The minimum Gasteiger partial charge on any atom is -0.317 e. The van der Waals surface area contributed by atoms with Gasteiger partial charge in [0.15, 0.2) is 0 Å². The fourth-order valence-corrected chi connectivity index (χ4v) is 3.24. The first-order valence-electron chi connectivity index (χ1n) is 8.02. The third-order valence-corrected chi connectivity index (χ3v) is 5.15. The molecule has 0 saturated heterocycles. The summed E-state index contributed by atoms with van der Waals surface area (Å²) in [6, 6.07) is 1.51. The fourth-order valence-electron chi connectivity index (χ4n) is 3.24. The molecule has 0 spiro atoms. The van der Waals surface area contributed by atoms with E-state index in [9.17, 15) is 0 Å². The van der Waals surface area contributed by atoms with Gasteiger partial charge in [-0.3, -0.25) is 0 Å². The van der Waals surface area contributed by atoms with Crippen LogP contribution in [0, 0.1) is 11.8 Å². The summed E-state index contributed by atoms with van der Waals surface area (Å²) in [7, 11) is 2.34. The second kappa shape index (κ2) is 8.16. The minimum atomic E-state index is 0.687. The summed E-state index contributed by atoms with van der Waals surface area (Å²) >= 11 is 0. The smallest absolute Gasteiger partial charge is 0.0105 e. The van der Waals surface area contributed by atoms with Crippen LogP contribution < -0.4 is 5.32 Å². The van der Waals surface area contributed by atoms with E-state index in [1.54, 1.807) is 0 Å². The molecular formula is C16H34N2. The zero-order valence-corrected chi connectivity index (χ0v) is 13.2. The molecule has 0 radical (unpaired) electrons. The van der Waals surface area contributed by atoms with Crippen molar-refractivity contribution in [2.45, 2.75) is 71.9 Å². The summed E-state index contributed by atoms with van der Waals surface area (Å²) in [6.45, 7) is 11.5. The maximum absolute atomic E-state index is 3.48. The van der Waals surface area contributed by atoms with Gasteiger partial charge in [-0.25, -0.2) is 0 Å². The molecule has 1 aliphatic rings. The zero-order valence-electron chi connectivity index (χ0n) is 13.2. The van der Waals surface area contributed by atoms with Crippen LogP contribution in [-0.4, -0.2) is 37.1 Å². The van der Waals surface area contributed by atoms with E-state index in [4.69, 9.17) is 0 Å². The molecular weight excluding hydrogens is 220 g/mol. The summed E-state index contributed by atoms with van der Waals surface area (Å²) in [5.41, 5.74) is 0. The molecule has 1 fully saturated rings. The van der Waals surface area contributed by atoms with Crippen LogP contribution >= 0.6 is 0 Å². The molecule has 2 atom stereocenters. The van der Waals surface area contributed by atoms with Gasteiger partial charge >= 0.3 is 0 Å². The third-order valence-electron chi connectivity index (χ3n) is 5.15. The molecule has 0 amide bonds. The van der Waals surface area contributed by atoms with Crippen molar-refractivity contribution in [3.63, 3.8) is 0 Å². The topological polar surface area (TPSA) is 15.3 Å². The minimum absolute atomic E-state index is 0.687. The average Bonchev–Trinajstić information content (AvgIpc) is 2.43. The molecule has 0 aromatic rings. The van der Waals surface area contributed by atoms with Gasteiger partial charge in [0.05, 0.1) is 0 Å². The normalized spacial score (nSPS) is 28.3. The van der Waals surface area contributed by atoms with E-state index in [2.05, 4.69) is 45.0 Å². The van der Waals surface area contributed by atoms with Gasteiger partial charge in [0.2, 0.25) is 0 Å². The van der Waals surface area contributed by atoms with Gasteiger partial charge in [0.1, 0.15) is 0 Å². The van der Waals surface area contributed by atoms with E-state index in [0.29, 0.717) is 6.04 Å². The van der Waals surface area contributed by atoms with Crippen molar-refractivity contribution >= 4 is 0 Å². The number of hydrogen-bond donors (Lipinski definition) is 1. The molecule has 1 rings (SSSR count). The van der Waals surface area contributed by atoms with Crippen LogP contribution in [0.3, 0.4) is 0 Å². The van der Waals surface area contributed by atoms with Crippen LogP contribution in [-0.2, 0) is 0 Å². The number of nitrogens with zero attached hydrogens (tertiary/aromatic N) is 1. The van der Waals surface area contributed by atoms with Gasteiger partial charge in [-0.05, 0) is 64.6 Å². The number of rotatable bonds is 7. The predicted octanol–water partition coefficient (Wildman–Crippen LogP) is 3.52. The lowest BCUT2D eigenvalue weighted by molar-refractivity contribution is 0.0990. The fraction of sp³-hybridized carbons (Fsp3) is 1.00. The lowest BCUT2D eigenvalue weighted by atomic mass is 9.83. The average molecular weight is 254 g/mol. The van der Waals surface area contributed by atoms with Gasteiger partial charge in [-0.1, -0.05) is 27.2 Å². The largest absolute Gasteiger partial charge is 0.317 e. The lowest BCUT2D eigenvalue weighted by Gasteiger charge is -2.40. The van der Waals surface area contributed by atoms with Gasteiger partial charge in [0.25, 0.3) is 0 Å². The van der Waals surface area contributed by atoms with Crippen LogP contribution in [0.2, 0.25) is 0 Å². The van der Waals surface area contributed by atoms with Crippen molar-refractivity contribution in [1.82, 2.24) is 10.2 Å². The van der Waals surface area contributed by atoms with Crippen molar-refractivity contribution < 1.29 is 0 Å². The van der Waals surface area contributed by atoms with Gasteiger partial charge in [-0.15, -0.1) is 0 Å². The molecule has 1 saturated carbocycles. The Hall–Kier alpha value is -0.0800. The highest BCUT2D eigenvalue weighted by atomic mass is 15.2. The Balaban J connectivity index is 2.36. The predicted molar refractivity (Wildman–Crippen MR) is 81.0 cm³/mol. The van der Waals surface area contributed by atoms with Crippen LogP contribution in [0.4, 0.5) is 0 Å². The van der Waals surface area contributed by atoms with Crippen LogP contribution in [0.5, 0.6) is 0 Å².